The Hall–Kier alpha value is -9.37. The van der Waals surface area contributed by atoms with Crippen molar-refractivity contribution in [3.8, 4) is 30.3 Å². The van der Waals surface area contributed by atoms with Crippen molar-refractivity contribution in [3.05, 3.63) is 192 Å². The molecule has 0 N–H and O–H groups in total. The Kier molecular flexibility index (Phi) is 9.45. The first-order chi connectivity index (χ1) is 28.5. The first-order valence-corrected chi connectivity index (χ1v) is 17.0. The van der Waals surface area contributed by atoms with E-state index in [1.165, 1.54) is 36.7 Å². The Morgan fingerprint density at radius 3 is 1.75 bits per heavy atom. The van der Waals surface area contributed by atoms with Gasteiger partial charge < -0.3 is 0 Å². The Labute approximate surface area is 334 Å². The summed E-state index contributed by atoms with van der Waals surface area (Å²) in [4.78, 5) is 19.7. The van der Waals surface area contributed by atoms with Gasteiger partial charge in [0.15, 0.2) is 0 Å². The number of halogens is 3. The highest BCUT2D eigenvalue weighted by molar-refractivity contribution is 6.35. The first kappa shape index (κ1) is 37.9. The molecule has 7 rings (SSSR count). The minimum absolute atomic E-state index is 0.0238. The molecular weight excluding hydrogens is 750 g/mol. The van der Waals surface area contributed by atoms with Crippen LogP contribution in [0.15, 0.2) is 85.2 Å². The summed E-state index contributed by atoms with van der Waals surface area (Å²) in [5.74, 6) is 0. The van der Waals surface area contributed by atoms with E-state index in [4.69, 9.17) is 19.7 Å². The number of allylic oxidation sites excluding steroid dienone is 6. The molecule has 10 nitrogen and oxygen atoms in total. The maximum absolute atomic E-state index is 13.8. The molecule has 0 saturated heterocycles. The number of nitriles is 5. The van der Waals surface area contributed by atoms with Crippen molar-refractivity contribution >= 4 is 50.5 Å². The summed E-state index contributed by atoms with van der Waals surface area (Å²) in [5.41, 5.74) is -0.989. The number of alkyl halides is 3. The molecular formula is C46H17F3N10. The second-order valence-electron chi connectivity index (χ2n) is 12.9. The molecule has 0 atom stereocenters. The third-order valence-corrected chi connectivity index (χ3v) is 9.74. The van der Waals surface area contributed by atoms with Crippen molar-refractivity contribution in [1.29, 1.82) is 26.3 Å². The third-order valence-electron chi connectivity index (χ3n) is 9.74. The topological polar surface area (TPSA) is 158 Å². The molecule has 272 valence electrons. The van der Waals surface area contributed by atoms with Gasteiger partial charge in [0.1, 0.15) is 24.3 Å². The van der Waals surface area contributed by atoms with Gasteiger partial charge in [-0.15, -0.1) is 0 Å². The van der Waals surface area contributed by atoms with Crippen LogP contribution in [0.4, 0.5) is 18.9 Å². The maximum Gasteiger partial charge on any atom is 0.416 e. The number of aromatic nitrogens is 2. The zero-order valence-electron chi connectivity index (χ0n) is 30.2. The second-order valence-corrected chi connectivity index (χ2v) is 12.9. The molecule has 0 bridgehead atoms. The van der Waals surface area contributed by atoms with Crippen molar-refractivity contribution < 1.29 is 13.2 Å². The molecule has 59 heavy (non-hydrogen) atoms. The molecule has 2 aliphatic rings. The molecule has 2 aromatic heterocycles. The van der Waals surface area contributed by atoms with Crippen LogP contribution < -0.4 is 0 Å². The number of hydrogen-bond acceptors (Lipinski definition) is 7. The number of aryl methyl sites for hydroxylation is 1. The lowest BCUT2D eigenvalue weighted by Crippen LogP contribution is -2.05. The number of rotatable bonds is 4. The van der Waals surface area contributed by atoms with Crippen molar-refractivity contribution in [2.45, 2.75) is 13.1 Å². The van der Waals surface area contributed by atoms with Crippen LogP contribution >= 0.6 is 0 Å². The highest BCUT2D eigenvalue weighted by Gasteiger charge is 2.44. The number of hydrogen-bond donors (Lipinski definition) is 0. The number of benzene rings is 3. The molecule has 0 aliphatic heterocycles. The van der Waals surface area contributed by atoms with Gasteiger partial charge in [0.2, 0.25) is 17.1 Å². The quantitative estimate of drug-likeness (QED) is 0.130. The lowest BCUT2D eigenvalue weighted by Gasteiger charge is -2.19. The monoisotopic (exact) mass is 766 g/mol. The molecule has 3 aromatic carbocycles. The summed E-state index contributed by atoms with van der Waals surface area (Å²) in [6.07, 6.45) is -2.27. The predicted octanol–water partition coefficient (Wildman–Crippen LogP) is 10.4. The minimum Gasteiger partial charge on any atom is -0.267 e. The Morgan fingerprint density at radius 2 is 1.24 bits per heavy atom. The second kappa shape index (κ2) is 14.7. The van der Waals surface area contributed by atoms with Crippen LogP contribution in [0.3, 0.4) is 0 Å². The fourth-order valence-electron chi connectivity index (χ4n) is 7.21. The highest BCUT2D eigenvalue weighted by atomic mass is 19.4. The fraction of sp³-hybridized carbons (Fsp3) is 0.0435. The molecule has 13 heteroatoms. The molecule has 2 heterocycles. The highest BCUT2D eigenvalue weighted by Crippen LogP contribution is 2.59. The molecule has 0 spiro atoms. The van der Waals surface area contributed by atoms with E-state index in [1.807, 2.05) is 13.0 Å². The zero-order chi connectivity index (χ0) is 42.2. The number of fused-ring (bicyclic) bond motifs is 2. The predicted molar refractivity (Wildman–Crippen MR) is 210 cm³/mol. The number of pyridine rings is 2. The van der Waals surface area contributed by atoms with Crippen molar-refractivity contribution in [1.82, 2.24) is 9.97 Å². The van der Waals surface area contributed by atoms with E-state index in [2.05, 4.69) is 48.8 Å². The van der Waals surface area contributed by atoms with Crippen LogP contribution in [0.1, 0.15) is 72.6 Å². The van der Waals surface area contributed by atoms with E-state index >= 15 is 0 Å². The van der Waals surface area contributed by atoms with E-state index < -0.39 is 11.7 Å². The Balaban J connectivity index is 1.73. The summed E-state index contributed by atoms with van der Waals surface area (Å²) >= 11 is 0. The standard InChI is InChI=1S/C46H17F3N10/c1-24-5-8-27(9-6-24)37-39(30(18-51)34-16-14-29(55-2)23-59-34)41-33(21-54)40-38(32(20-53)42(41)45(37)57-4)31(19-52)36(26-10-12-28(13-11-26)46(47,48)49)43(40)44(56-3)35-15-7-25(17-50)22-58-35/h5-16,22-23H,1H3/b39-30+,44-43-. The maximum atomic E-state index is 13.8. The average molecular weight is 767 g/mol. The lowest BCUT2D eigenvalue weighted by molar-refractivity contribution is -0.137. The first-order valence-electron chi connectivity index (χ1n) is 17.0. The van der Waals surface area contributed by atoms with Gasteiger partial charge >= 0.3 is 6.18 Å². The summed E-state index contributed by atoms with van der Waals surface area (Å²) in [6, 6.07) is 26.9. The van der Waals surface area contributed by atoms with Crippen LogP contribution in [-0.2, 0) is 6.18 Å². The van der Waals surface area contributed by atoms with Gasteiger partial charge in [0.25, 0.3) is 0 Å². The van der Waals surface area contributed by atoms with Gasteiger partial charge in [-0.2, -0.15) is 39.5 Å². The molecule has 0 amide bonds. The van der Waals surface area contributed by atoms with Crippen LogP contribution in [0, 0.1) is 83.3 Å². The van der Waals surface area contributed by atoms with Gasteiger partial charge in [-0.3, -0.25) is 9.97 Å². The fourth-order valence-corrected chi connectivity index (χ4v) is 7.21. The van der Waals surface area contributed by atoms with Crippen LogP contribution in [0.2, 0.25) is 0 Å². The van der Waals surface area contributed by atoms with Gasteiger partial charge in [0.05, 0.1) is 70.6 Å². The molecule has 5 aromatic rings. The van der Waals surface area contributed by atoms with E-state index in [9.17, 15) is 39.5 Å². The molecule has 2 aliphatic carbocycles. The van der Waals surface area contributed by atoms with E-state index in [0.29, 0.717) is 5.56 Å². The largest absolute Gasteiger partial charge is 0.416 e. The summed E-state index contributed by atoms with van der Waals surface area (Å²) in [6.45, 7) is 26.1. The van der Waals surface area contributed by atoms with E-state index in [-0.39, 0.29) is 106 Å². The Morgan fingerprint density at radius 1 is 0.627 bits per heavy atom. The smallest absolute Gasteiger partial charge is 0.267 e. The normalized spacial score (nSPS) is 14.2. The van der Waals surface area contributed by atoms with E-state index in [1.54, 1.807) is 24.3 Å². The third kappa shape index (κ3) is 6.01. The van der Waals surface area contributed by atoms with Crippen LogP contribution in [-0.4, -0.2) is 9.97 Å². The van der Waals surface area contributed by atoms with Gasteiger partial charge in [-0.1, -0.05) is 48.0 Å². The van der Waals surface area contributed by atoms with Crippen molar-refractivity contribution in [2.24, 2.45) is 0 Å². The zero-order valence-corrected chi connectivity index (χ0v) is 30.2. The van der Waals surface area contributed by atoms with Gasteiger partial charge in [-0.25, -0.2) is 14.5 Å². The van der Waals surface area contributed by atoms with Crippen molar-refractivity contribution in [3.63, 3.8) is 0 Å². The van der Waals surface area contributed by atoms with Gasteiger partial charge in [0, 0.05) is 34.7 Å². The SMILES string of the molecule is [C-]#[N+]C1=C(c2ccc(C)cc2)/C(=C(/C#N)c2ccc([N+]#[C-])cn2)c2c(C#N)c3c(c(C#N)c21)C(C#N)=C(c1ccc(C(F)(F)F)cc1)/C3=C(/[N+]#[C-])c1ccc(C#N)cn1. The summed E-state index contributed by atoms with van der Waals surface area (Å²) < 4.78 is 41.3. The molecule has 0 saturated carbocycles. The van der Waals surface area contributed by atoms with Crippen molar-refractivity contribution in [2.75, 3.05) is 0 Å². The molecule has 0 radical (unpaired) electrons. The lowest BCUT2D eigenvalue weighted by atomic mass is 9.82. The molecule has 0 unspecified atom stereocenters. The number of nitrogens with zero attached hydrogens (tertiary/aromatic N) is 10. The van der Waals surface area contributed by atoms with Crippen LogP contribution in [0.5, 0.6) is 0 Å². The molecule has 0 fully saturated rings. The van der Waals surface area contributed by atoms with E-state index in [0.717, 1.165) is 29.8 Å². The summed E-state index contributed by atoms with van der Waals surface area (Å²) in [5, 5.41) is 53.7. The Bertz CT molecular complexity index is 3180. The average Bonchev–Trinajstić information content (AvgIpc) is 3.77. The summed E-state index contributed by atoms with van der Waals surface area (Å²) in [7, 11) is 0. The van der Waals surface area contributed by atoms with Gasteiger partial charge in [-0.05, 0) is 70.7 Å². The minimum atomic E-state index is -4.72. The van der Waals surface area contributed by atoms with Crippen LogP contribution in [0.25, 0.3) is 59.4 Å².